The minimum absolute atomic E-state index is 0.0150. The van der Waals surface area contributed by atoms with Crippen LogP contribution in [0.1, 0.15) is 24.5 Å². The van der Waals surface area contributed by atoms with Crippen molar-refractivity contribution in [1.82, 2.24) is 14.9 Å². The lowest BCUT2D eigenvalue weighted by molar-refractivity contribution is -0.130. The maximum absolute atomic E-state index is 13.2. The molecule has 0 aliphatic carbocycles. The third-order valence-corrected chi connectivity index (χ3v) is 4.02. The third-order valence-electron chi connectivity index (χ3n) is 4.02. The van der Waals surface area contributed by atoms with Gasteiger partial charge in [0.1, 0.15) is 11.6 Å². The summed E-state index contributed by atoms with van der Waals surface area (Å²) < 4.78 is 18.8. The highest BCUT2D eigenvalue weighted by Gasteiger charge is 2.25. The SMILES string of the molecule is NCC(=O)N1CCCC(c2cncc(Oc3cccc(F)c3)n2)C1. The summed E-state index contributed by atoms with van der Waals surface area (Å²) in [7, 11) is 0. The van der Waals surface area contributed by atoms with E-state index in [9.17, 15) is 9.18 Å². The van der Waals surface area contributed by atoms with Crippen LogP contribution >= 0.6 is 0 Å². The van der Waals surface area contributed by atoms with Crippen molar-refractivity contribution in [2.75, 3.05) is 19.6 Å². The van der Waals surface area contributed by atoms with E-state index in [0.717, 1.165) is 25.1 Å². The van der Waals surface area contributed by atoms with Gasteiger partial charge >= 0.3 is 0 Å². The van der Waals surface area contributed by atoms with Gasteiger partial charge in [-0.05, 0) is 25.0 Å². The number of hydrogen-bond acceptors (Lipinski definition) is 5. The molecule has 126 valence electrons. The maximum Gasteiger partial charge on any atom is 0.238 e. The largest absolute Gasteiger partial charge is 0.437 e. The fraction of sp³-hybridized carbons (Fsp3) is 0.353. The first kappa shape index (κ1) is 16.3. The number of aromatic nitrogens is 2. The Bertz CT molecular complexity index is 725. The van der Waals surface area contributed by atoms with E-state index in [4.69, 9.17) is 10.5 Å². The number of likely N-dealkylation sites (tertiary alicyclic amines) is 1. The first-order chi connectivity index (χ1) is 11.7. The molecule has 1 aliphatic rings. The minimum atomic E-state index is -0.375. The van der Waals surface area contributed by atoms with E-state index in [-0.39, 0.29) is 24.2 Å². The van der Waals surface area contributed by atoms with Crippen molar-refractivity contribution in [2.45, 2.75) is 18.8 Å². The molecule has 2 aromatic rings. The highest BCUT2D eigenvalue weighted by molar-refractivity contribution is 5.78. The van der Waals surface area contributed by atoms with E-state index in [2.05, 4.69) is 9.97 Å². The molecule has 3 rings (SSSR count). The molecular weight excluding hydrogens is 311 g/mol. The smallest absolute Gasteiger partial charge is 0.238 e. The van der Waals surface area contributed by atoms with Crippen molar-refractivity contribution in [3.8, 4) is 11.6 Å². The fourth-order valence-electron chi connectivity index (χ4n) is 2.83. The Balaban J connectivity index is 1.74. The quantitative estimate of drug-likeness (QED) is 0.928. The number of hydrogen-bond donors (Lipinski definition) is 1. The summed E-state index contributed by atoms with van der Waals surface area (Å²) in [5, 5.41) is 0. The van der Waals surface area contributed by atoms with Crippen LogP contribution in [0.3, 0.4) is 0 Å². The number of benzene rings is 1. The molecule has 7 heteroatoms. The van der Waals surface area contributed by atoms with Crippen LogP contribution in [0.4, 0.5) is 4.39 Å². The molecule has 1 aliphatic heterocycles. The lowest BCUT2D eigenvalue weighted by Crippen LogP contribution is -2.42. The molecule has 0 saturated carbocycles. The van der Waals surface area contributed by atoms with Gasteiger partial charge in [0.15, 0.2) is 0 Å². The van der Waals surface area contributed by atoms with E-state index in [0.29, 0.717) is 18.2 Å². The van der Waals surface area contributed by atoms with E-state index in [1.807, 2.05) is 0 Å². The standard InChI is InChI=1S/C17H19FN4O2/c18-13-4-1-5-14(7-13)24-16-10-20-9-15(21-16)12-3-2-6-22(11-12)17(23)8-19/h1,4-5,7,9-10,12H,2-3,6,8,11,19H2. The molecule has 2 N–H and O–H groups in total. The van der Waals surface area contributed by atoms with Gasteiger partial charge in [-0.15, -0.1) is 0 Å². The number of rotatable bonds is 4. The molecule has 1 fully saturated rings. The molecule has 0 radical (unpaired) electrons. The lowest BCUT2D eigenvalue weighted by atomic mass is 9.95. The fourth-order valence-corrected chi connectivity index (χ4v) is 2.83. The molecule has 6 nitrogen and oxygen atoms in total. The molecule has 1 amide bonds. The van der Waals surface area contributed by atoms with Gasteiger partial charge in [-0.1, -0.05) is 6.07 Å². The first-order valence-corrected chi connectivity index (χ1v) is 7.89. The van der Waals surface area contributed by atoms with Crippen molar-refractivity contribution in [2.24, 2.45) is 5.73 Å². The van der Waals surface area contributed by atoms with Crippen molar-refractivity contribution >= 4 is 5.91 Å². The van der Waals surface area contributed by atoms with Crippen LogP contribution in [-0.2, 0) is 4.79 Å². The minimum Gasteiger partial charge on any atom is -0.437 e. The van der Waals surface area contributed by atoms with Gasteiger partial charge in [0.2, 0.25) is 11.8 Å². The molecule has 1 unspecified atom stereocenters. The zero-order valence-corrected chi connectivity index (χ0v) is 13.2. The van der Waals surface area contributed by atoms with Crippen molar-refractivity contribution in [1.29, 1.82) is 0 Å². The molecule has 0 spiro atoms. The molecule has 1 aromatic heterocycles. The number of nitrogens with zero attached hydrogens (tertiary/aromatic N) is 3. The molecule has 1 atom stereocenters. The zero-order chi connectivity index (χ0) is 16.9. The maximum atomic E-state index is 13.2. The summed E-state index contributed by atoms with van der Waals surface area (Å²) in [6, 6.07) is 5.86. The molecule has 1 saturated heterocycles. The Morgan fingerprint density at radius 1 is 1.42 bits per heavy atom. The van der Waals surface area contributed by atoms with Crippen molar-refractivity contribution in [3.63, 3.8) is 0 Å². The highest BCUT2D eigenvalue weighted by atomic mass is 19.1. The third kappa shape index (κ3) is 3.86. The second-order valence-corrected chi connectivity index (χ2v) is 5.72. The predicted molar refractivity (Wildman–Crippen MR) is 86.1 cm³/mol. The summed E-state index contributed by atoms with van der Waals surface area (Å²) >= 11 is 0. The lowest BCUT2D eigenvalue weighted by Gasteiger charge is -2.32. The number of nitrogens with two attached hydrogens (primary N) is 1. The summed E-state index contributed by atoms with van der Waals surface area (Å²) in [4.78, 5) is 22.2. The van der Waals surface area contributed by atoms with Crippen LogP contribution in [0.5, 0.6) is 11.6 Å². The van der Waals surface area contributed by atoms with E-state index in [1.165, 1.54) is 18.3 Å². The number of piperidine rings is 1. The summed E-state index contributed by atoms with van der Waals surface area (Å²) in [6.45, 7) is 1.31. The van der Waals surface area contributed by atoms with Crippen molar-refractivity contribution < 1.29 is 13.9 Å². The van der Waals surface area contributed by atoms with Gasteiger partial charge in [0.05, 0.1) is 18.4 Å². The van der Waals surface area contributed by atoms with Crippen LogP contribution in [0, 0.1) is 5.82 Å². The molecular formula is C17H19FN4O2. The van der Waals surface area contributed by atoms with Crippen molar-refractivity contribution in [3.05, 3.63) is 48.2 Å². The van der Waals surface area contributed by atoms with Gasteiger partial charge in [-0.3, -0.25) is 9.78 Å². The van der Waals surface area contributed by atoms with Gasteiger partial charge in [-0.2, -0.15) is 0 Å². The van der Waals surface area contributed by atoms with Gasteiger partial charge in [-0.25, -0.2) is 9.37 Å². The van der Waals surface area contributed by atoms with E-state index in [1.54, 1.807) is 23.2 Å². The molecule has 0 bridgehead atoms. The Labute approximate surface area is 139 Å². The topological polar surface area (TPSA) is 81.3 Å². The Morgan fingerprint density at radius 3 is 3.08 bits per heavy atom. The number of carbonyl (C=O) groups excluding carboxylic acids is 1. The average molecular weight is 330 g/mol. The summed E-state index contributed by atoms with van der Waals surface area (Å²) in [6.07, 6.45) is 4.99. The highest BCUT2D eigenvalue weighted by Crippen LogP contribution is 2.27. The zero-order valence-electron chi connectivity index (χ0n) is 13.2. The van der Waals surface area contributed by atoms with Gasteiger partial charge in [0, 0.05) is 31.3 Å². The first-order valence-electron chi connectivity index (χ1n) is 7.89. The second kappa shape index (κ2) is 7.35. The summed E-state index contributed by atoms with van der Waals surface area (Å²) in [5.74, 6) is 0.336. The monoisotopic (exact) mass is 330 g/mol. The second-order valence-electron chi connectivity index (χ2n) is 5.72. The van der Waals surface area contributed by atoms with E-state index >= 15 is 0 Å². The number of carbonyl (C=O) groups is 1. The van der Waals surface area contributed by atoms with Gasteiger partial charge in [0.25, 0.3) is 0 Å². The van der Waals surface area contributed by atoms with E-state index < -0.39 is 0 Å². The van der Waals surface area contributed by atoms with Crippen LogP contribution < -0.4 is 10.5 Å². The molecule has 2 heterocycles. The molecule has 1 aromatic carbocycles. The number of amides is 1. The van der Waals surface area contributed by atoms with Crippen LogP contribution in [0.15, 0.2) is 36.7 Å². The Morgan fingerprint density at radius 2 is 2.29 bits per heavy atom. The Kier molecular flexibility index (Phi) is 5.00. The average Bonchev–Trinajstić information content (AvgIpc) is 2.61. The number of ether oxygens (including phenoxy) is 1. The van der Waals surface area contributed by atoms with Gasteiger partial charge < -0.3 is 15.4 Å². The van der Waals surface area contributed by atoms with Crippen LogP contribution in [0.2, 0.25) is 0 Å². The Hall–Kier alpha value is -2.54. The van der Waals surface area contributed by atoms with Crippen LogP contribution in [0.25, 0.3) is 0 Å². The molecule has 24 heavy (non-hydrogen) atoms. The summed E-state index contributed by atoms with van der Waals surface area (Å²) in [5.41, 5.74) is 6.20. The normalized spacial score (nSPS) is 17.6. The predicted octanol–water partition coefficient (Wildman–Crippen LogP) is 2.07. The number of halogens is 1. The van der Waals surface area contributed by atoms with Crippen LogP contribution in [-0.4, -0.2) is 40.4 Å².